The van der Waals surface area contributed by atoms with Gasteiger partial charge in [-0.3, -0.25) is 4.79 Å². The largest absolute Gasteiger partial charge is 0.469 e. The van der Waals surface area contributed by atoms with Crippen LogP contribution >= 0.6 is 0 Å². The van der Waals surface area contributed by atoms with Crippen molar-refractivity contribution in [1.29, 1.82) is 0 Å². The second-order valence-corrected chi connectivity index (χ2v) is 4.46. The van der Waals surface area contributed by atoms with Crippen LogP contribution in [0.4, 0.5) is 10.5 Å². The summed E-state index contributed by atoms with van der Waals surface area (Å²) in [5, 5.41) is 2.80. The van der Waals surface area contributed by atoms with E-state index in [0.717, 1.165) is 5.69 Å². The van der Waals surface area contributed by atoms with Crippen molar-refractivity contribution in [1.82, 2.24) is 4.90 Å². The van der Waals surface area contributed by atoms with E-state index in [1.165, 1.54) is 7.11 Å². The monoisotopic (exact) mass is 294 g/mol. The van der Waals surface area contributed by atoms with Crippen molar-refractivity contribution in [3.63, 3.8) is 0 Å². The molecule has 6 heteroatoms. The minimum absolute atomic E-state index is 0.172. The molecule has 0 saturated heterocycles. The first-order valence-corrected chi connectivity index (χ1v) is 6.84. The number of amides is 2. The molecule has 0 atom stereocenters. The summed E-state index contributed by atoms with van der Waals surface area (Å²) in [6.45, 7) is 1.39. The van der Waals surface area contributed by atoms with E-state index in [-0.39, 0.29) is 18.4 Å². The van der Waals surface area contributed by atoms with Crippen LogP contribution in [0.2, 0.25) is 0 Å². The molecule has 1 aromatic rings. The van der Waals surface area contributed by atoms with E-state index in [1.54, 1.807) is 12.0 Å². The molecule has 21 heavy (non-hydrogen) atoms. The number of methoxy groups -OCH3 is 2. The van der Waals surface area contributed by atoms with Gasteiger partial charge in [0.25, 0.3) is 0 Å². The van der Waals surface area contributed by atoms with Crippen molar-refractivity contribution >= 4 is 17.7 Å². The average molecular weight is 294 g/mol. The molecule has 0 fully saturated rings. The average Bonchev–Trinajstić information content (AvgIpc) is 2.51. The van der Waals surface area contributed by atoms with E-state index in [0.29, 0.717) is 26.1 Å². The molecule has 0 unspecified atom stereocenters. The van der Waals surface area contributed by atoms with Crippen LogP contribution < -0.4 is 5.32 Å². The molecule has 0 saturated carbocycles. The Morgan fingerprint density at radius 2 is 1.86 bits per heavy atom. The highest BCUT2D eigenvalue weighted by Gasteiger charge is 2.15. The highest BCUT2D eigenvalue weighted by molar-refractivity contribution is 5.89. The van der Waals surface area contributed by atoms with Gasteiger partial charge in [-0.25, -0.2) is 4.79 Å². The van der Waals surface area contributed by atoms with E-state index < -0.39 is 0 Å². The molecule has 0 heterocycles. The molecule has 1 N–H and O–H groups in total. The number of anilines is 1. The molecule has 2 amide bonds. The zero-order chi connectivity index (χ0) is 15.5. The Morgan fingerprint density at radius 1 is 1.14 bits per heavy atom. The number of carbonyl (C=O) groups is 2. The van der Waals surface area contributed by atoms with Gasteiger partial charge in [0.1, 0.15) is 0 Å². The van der Waals surface area contributed by atoms with E-state index in [2.05, 4.69) is 10.1 Å². The van der Waals surface area contributed by atoms with Crippen LogP contribution in [-0.4, -0.2) is 50.8 Å². The summed E-state index contributed by atoms with van der Waals surface area (Å²) < 4.78 is 9.59. The molecule has 0 spiro atoms. The van der Waals surface area contributed by atoms with Crippen LogP contribution in [0.15, 0.2) is 30.3 Å². The van der Waals surface area contributed by atoms with E-state index >= 15 is 0 Å². The molecular weight excluding hydrogens is 272 g/mol. The van der Waals surface area contributed by atoms with Crippen LogP contribution in [0.25, 0.3) is 0 Å². The lowest BCUT2D eigenvalue weighted by Gasteiger charge is -2.22. The molecule has 0 aliphatic heterocycles. The fourth-order valence-corrected chi connectivity index (χ4v) is 1.77. The maximum absolute atomic E-state index is 12.2. The Balaban J connectivity index is 2.56. The summed E-state index contributed by atoms with van der Waals surface area (Å²) in [5.41, 5.74) is 0.720. The Morgan fingerprint density at radius 3 is 2.48 bits per heavy atom. The van der Waals surface area contributed by atoms with Crippen molar-refractivity contribution in [2.45, 2.75) is 12.8 Å². The van der Waals surface area contributed by atoms with Crippen LogP contribution in [0.5, 0.6) is 0 Å². The lowest BCUT2D eigenvalue weighted by atomic mass is 10.3. The first-order valence-electron chi connectivity index (χ1n) is 6.84. The van der Waals surface area contributed by atoms with Gasteiger partial charge in [-0.05, 0) is 18.6 Å². The standard InChI is InChI=1S/C15H22N2O4/c1-20-12-6-10-17(11-9-14(18)21-2)15(19)16-13-7-4-3-5-8-13/h3-5,7-8H,6,9-12H2,1-2H3,(H,16,19). The number of esters is 1. The molecule has 0 aromatic heterocycles. The Bertz CT molecular complexity index is 437. The first-order chi connectivity index (χ1) is 10.2. The molecule has 1 aromatic carbocycles. The van der Waals surface area contributed by atoms with Gasteiger partial charge < -0.3 is 19.7 Å². The summed E-state index contributed by atoms with van der Waals surface area (Å²) >= 11 is 0. The van der Waals surface area contributed by atoms with E-state index in [4.69, 9.17) is 4.74 Å². The van der Waals surface area contributed by atoms with Crippen LogP contribution in [0, 0.1) is 0 Å². The zero-order valence-corrected chi connectivity index (χ0v) is 12.5. The van der Waals surface area contributed by atoms with Gasteiger partial charge in [0.05, 0.1) is 13.5 Å². The highest BCUT2D eigenvalue weighted by atomic mass is 16.5. The number of benzene rings is 1. The number of rotatable bonds is 8. The maximum Gasteiger partial charge on any atom is 0.321 e. The predicted molar refractivity (Wildman–Crippen MR) is 80.2 cm³/mol. The zero-order valence-electron chi connectivity index (χ0n) is 12.5. The molecule has 0 aliphatic rings. The SMILES string of the molecule is COCCCN(CCC(=O)OC)C(=O)Nc1ccccc1. The van der Waals surface area contributed by atoms with Gasteiger partial charge in [-0.1, -0.05) is 18.2 Å². The summed E-state index contributed by atoms with van der Waals surface area (Å²) in [4.78, 5) is 25.0. The number of urea groups is 1. The number of ether oxygens (including phenoxy) is 2. The highest BCUT2D eigenvalue weighted by Crippen LogP contribution is 2.07. The van der Waals surface area contributed by atoms with Crippen LogP contribution in [0.3, 0.4) is 0 Å². The molecular formula is C15H22N2O4. The Hall–Kier alpha value is -2.08. The van der Waals surface area contributed by atoms with Gasteiger partial charge in [0.2, 0.25) is 0 Å². The molecule has 6 nitrogen and oxygen atoms in total. The molecule has 1 rings (SSSR count). The van der Waals surface area contributed by atoms with E-state index in [9.17, 15) is 9.59 Å². The van der Waals surface area contributed by atoms with Gasteiger partial charge in [-0.15, -0.1) is 0 Å². The fourth-order valence-electron chi connectivity index (χ4n) is 1.77. The van der Waals surface area contributed by atoms with Crippen LogP contribution in [0.1, 0.15) is 12.8 Å². The number of hydrogen-bond donors (Lipinski definition) is 1. The van der Waals surface area contributed by atoms with Crippen molar-refractivity contribution in [2.75, 3.05) is 39.2 Å². The third-order valence-electron chi connectivity index (χ3n) is 2.90. The van der Waals surface area contributed by atoms with Crippen molar-refractivity contribution in [2.24, 2.45) is 0 Å². The number of hydrogen-bond acceptors (Lipinski definition) is 4. The lowest BCUT2D eigenvalue weighted by Crippen LogP contribution is -2.37. The first kappa shape index (κ1) is 17.0. The smallest absolute Gasteiger partial charge is 0.321 e. The second-order valence-electron chi connectivity index (χ2n) is 4.46. The number of para-hydroxylation sites is 1. The van der Waals surface area contributed by atoms with Gasteiger partial charge in [0.15, 0.2) is 0 Å². The lowest BCUT2D eigenvalue weighted by molar-refractivity contribution is -0.140. The third-order valence-corrected chi connectivity index (χ3v) is 2.90. The number of nitrogens with zero attached hydrogens (tertiary/aromatic N) is 1. The second kappa shape index (κ2) is 9.77. The summed E-state index contributed by atoms with van der Waals surface area (Å²) in [6.07, 6.45) is 0.881. The number of nitrogens with one attached hydrogen (secondary N) is 1. The molecule has 116 valence electrons. The third kappa shape index (κ3) is 6.76. The normalized spacial score (nSPS) is 10.0. The summed E-state index contributed by atoms with van der Waals surface area (Å²) in [5.74, 6) is -0.334. The molecule has 0 bridgehead atoms. The Labute approximate surface area is 125 Å². The topological polar surface area (TPSA) is 67.9 Å². The predicted octanol–water partition coefficient (Wildman–Crippen LogP) is 2.12. The van der Waals surface area contributed by atoms with E-state index in [1.807, 2.05) is 30.3 Å². The van der Waals surface area contributed by atoms with Gasteiger partial charge >= 0.3 is 12.0 Å². The number of carbonyl (C=O) groups excluding carboxylic acids is 2. The quantitative estimate of drug-likeness (QED) is 0.589. The van der Waals surface area contributed by atoms with Crippen molar-refractivity contribution in [3.05, 3.63) is 30.3 Å². The molecule has 0 aliphatic carbocycles. The van der Waals surface area contributed by atoms with Gasteiger partial charge in [-0.2, -0.15) is 0 Å². The fraction of sp³-hybridized carbons (Fsp3) is 0.467. The van der Waals surface area contributed by atoms with Gasteiger partial charge in [0, 0.05) is 32.5 Å². The van der Waals surface area contributed by atoms with Crippen molar-refractivity contribution in [3.8, 4) is 0 Å². The minimum Gasteiger partial charge on any atom is -0.469 e. The summed E-state index contributed by atoms with van der Waals surface area (Å²) in [6, 6.07) is 8.96. The summed E-state index contributed by atoms with van der Waals surface area (Å²) in [7, 11) is 2.95. The van der Waals surface area contributed by atoms with Crippen molar-refractivity contribution < 1.29 is 19.1 Å². The maximum atomic E-state index is 12.2. The van der Waals surface area contributed by atoms with Crippen LogP contribution in [-0.2, 0) is 14.3 Å². The molecule has 0 radical (unpaired) electrons. The Kier molecular flexibility index (Phi) is 7.89. The minimum atomic E-state index is -0.334.